The van der Waals surface area contributed by atoms with Crippen LogP contribution in [0.1, 0.15) is 402 Å². The second-order valence-corrected chi connectivity index (χ2v) is 32.3. The maximum absolute atomic E-state index is 13.1. The lowest BCUT2D eigenvalue weighted by atomic mass is 9.99. The Kier molecular flexibility index (Phi) is 66.8. The Hall–Kier alpha value is -1.94. The molecule has 6 unspecified atom stereocenters. The van der Waals surface area contributed by atoms with E-state index in [4.69, 9.17) is 37.0 Å². The zero-order valence-corrected chi connectivity index (χ0v) is 66.2. The molecule has 0 radical (unpaired) electrons. The number of hydrogen-bond donors (Lipinski definition) is 3. The molecule has 0 aromatic heterocycles. The van der Waals surface area contributed by atoms with Gasteiger partial charge in [0.05, 0.1) is 26.4 Å². The Morgan fingerprint density at radius 1 is 0.276 bits per heavy atom. The van der Waals surface area contributed by atoms with Crippen LogP contribution in [0, 0.1) is 23.7 Å². The molecule has 0 saturated heterocycles. The van der Waals surface area contributed by atoms with Crippen molar-refractivity contribution in [3.8, 4) is 0 Å². The van der Waals surface area contributed by atoms with Gasteiger partial charge in [0.25, 0.3) is 0 Å². The number of aliphatic hydroxyl groups excluding tert-OH is 1. The van der Waals surface area contributed by atoms with Gasteiger partial charge in [-0.1, -0.05) is 351 Å². The van der Waals surface area contributed by atoms with Gasteiger partial charge in [-0.25, -0.2) is 9.13 Å². The van der Waals surface area contributed by atoms with Gasteiger partial charge in [0.15, 0.2) is 12.2 Å². The number of phosphoric ester groups is 2. The van der Waals surface area contributed by atoms with Crippen molar-refractivity contribution < 1.29 is 80.2 Å². The Bertz CT molecular complexity index is 1930. The lowest BCUT2D eigenvalue weighted by Crippen LogP contribution is -2.30. The first-order valence-electron chi connectivity index (χ1n) is 40.9. The summed E-state index contributed by atoms with van der Waals surface area (Å²) in [5.74, 6) is 1.08. The van der Waals surface area contributed by atoms with E-state index in [1.807, 2.05) is 0 Å². The highest BCUT2D eigenvalue weighted by atomic mass is 31.2. The van der Waals surface area contributed by atoms with Crippen LogP contribution in [-0.4, -0.2) is 96.7 Å². The van der Waals surface area contributed by atoms with Crippen LogP contribution >= 0.6 is 15.6 Å². The van der Waals surface area contributed by atoms with Crippen molar-refractivity contribution in [2.24, 2.45) is 23.7 Å². The molecule has 0 aliphatic carbocycles. The number of phosphoric acid groups is 2. The Morgan fingerprint density at radius 3 is 0.673 bits per heavy atom. The SMILES string of the molecule is CCC(C)CCCCCCCCCCCCCCCCC(=O)OC[C@H](COP(=O)(O)OC[C@@H](O)COP(=O)(O)OC[C@@H](COC(=O)CCCCCCCCC(C)CC)OC(=O)CCCCCCCCCCC(C)CC)OC(=O)CCCCCCCCCCCCCCCCC(C)CC. The molecule has 9 atom stereocenters. The smallest absolute Gasteiger partial charge is 0.462 e. The highest BCUT2D eigenvalue weighted by molar-refractivity contribution is 7.47. The fourth-order valence-corrected chi connectivity index (χ4v) is 13.5. The summed E-state index contributed by atoms with van der Waals surface area (Å²) in [5, 5.41) is 10.6. The van der Waals surface area contributed by atoms with Crippen molar-refractivity contribution in [2.75, 3.05) is 39.6 Å². The van der Waals surface area contributed by atoms with Crippen LogP contribution in [0.4, 0.5) is 0 Å². The molecule has 3 N–H and O–H groups in total. The first-order chi connectivity index (χ1) is 47.2. The Labute approximate surface area is 600 Å². The van der Waals surface area contributed by atoms with Crippen LogP contribution in [0.25, 0.3) is 0 Å². The van der Waals surface area contributed by atoms with Gasteiger partial charge in [-0.05, 0) is 49.4 Å². The maximum atomic E-state index is 13.1. The van der Waals surface area contributed by atoms with E-state index < -0.39 is 97.5 Å². The van der Waals surface area contributed by atoms with E-state index in [0.29, 0.717) is 25.7 Å². The van der Waals surface area contributed by atoms with Gasteiger partial charge in [0.2, 0.25) is 0 Å². The van der Waals surface area contributed by atoms with Gasteiger partial charge in [0.1, 0.15) is 19.3 Å². The largest absolute Gasteiger partial charge is 0.472 e. The lowest BCUT2D eigenvalue weighted by Gasteiger charge is -2.21. The molecule has 0 aliphatic rings. The number of hydrogen-bond acceptors (Lipinski definition) is 15. The lowest BCUT2D eigenvalue weighted by molar-refractivity contribution is -0.161. The summed E-state index contributed by atoms with van der Waals surface area (Å²) in [7, 11) is -9.92. The number of unbranched alkanes of at least 4 members (excludes halogenated alkanes) is 38. The summed E-state index contributed by atoms with van der Waals surface area (Å²) >= 11 is 0. The second kappa shape index (κ2) is 68.2. The standard InChI is InChI=1S/C79H154O17P2/c1-9-69(5)55-47-39-31-25-21-17-13-15-19-23-27-34-43-51-59-76(81)89-65-74(95-78(83)61-53-45-35-28-24-20-16-14-18-22-26-32-40-48-56-70(6)10-2)67-93-97(85,86)91-63-73(80)64-92-98(87,88)94-68-75(66-90-77(82)60-52-44-38-37-42-50-58-72(8)12-4)96-79(84)62-54-46-36-30-29-33-41-49-57-71(7)11-3/h69-75,80H,9-68H2,1-8H3,(H,85,86)(H,87,88)/t69?,70?,71?,72?,73-,74-,75-/m1/s1. The van der Waals surface area contributed by atoms with Crippen LogP contribution in [0.5, 0.6) is 0 Å². The van der Waals surface area contributed by atoms with Crippen LogP contribution in [0.2, 0.25) is 0 Å². The normalized spacial score (nSPS) is 15.2. The third-order valence-electron chi connectivity index (χ3n) is 19.8. The van der Waals surface area contributed by atoms with Crippen molar-refractivity contribution in [1.29, 1.82) is 0 Å². The van der Waals surface area contributed by atoms with Crippen molar-refractivity contribution in [3.63, 3.8) is 0 Å². The minimum atomic E-state index is -4.96. The zero-order valence-electron chi connectivity index (χ0n) is 64.4. The first kappa shape index (κ1) is 96.1. The van der Waals surface area contributed by atoms with Crippen LogP contribution in [0.3, 0.4) is 0 Å². The highest BCUT2D eigenvalue weighted by Crippen LogP contribution is 2.45. The van der Waals surface area contributed by atoms with E-state index in [1.54, 1.807) is 0 Å². The summed E-state index contributed by atoms with van der Waals surface area (Å²) in [6.45, 7) is 14.3. The topological polar surface area (TPSA) is 237 Å². The number of carbonyl (C=O) groups excluding carboxylic acids is 4. The molecule has 19 heteroatoms. The molecule has 17 nitrogen and oxygen atoms in total. The Morgan fingerprint density at radius 2 is 0.459 bits per heavy atom. The van der Waals surface area contributed by atoms with E-state index in [1.165, 1.54) is 199 Å². The van der Waals surface area contributed by atoms with Gasteiger partial charge in [-0.15, -0.1) is 0 Å². The Balaban J connectivity index is 5.25. The molecule has 0 saturated carbocycles. The van der Waals surface area contributed by atoms with E-state index >= 15 is 0 Å². The van der Waals surface area contributed by atoms with Gasteiger partial charge in [-0.2, -0.15) is 0 Å². The minimum Gasteiger partial charge on any atom is -0.462 e. The molecule has 0 fully saturated rings. The molecule has 0 spiro atoms. The molecule has 0 bridgehead atoms. The molecule has 582 valence electrons. The maximum Gasteiger partial charge on any atom is 0.472 e. The summed E-state index contributed by atoms with van der Waals surface area (Å²) in [4.78, 5) is 72.9. The molecule has 0 aromatic carbocycles. The summed E-state index contributed by atoms with van der Waals surface area (Å²) in [5.41, 5.74) is 0. The van der Waals surface area contributed by atoms with E-state index in [9.17, 15) is 43.2 Å². The quantitative estimate of drug-likeness (QED) is 0.0222. The summed E-state index contributed by atoms with van der Waals surface area (Å²) in [6.07, 6.45) is 54.0. The number of rotatable bonds is 76. The fraction of sp³-hybridized carbons (Fsp3) is 0.949. The zero-order chi connectivity index (χ0) is 72.4. The number of esters is 4. The van der Waals surface area contributed by atoms with Crippen LogP contribution in [0.15, 0.2) is 0 Å². The van der Waals surface area contributed by atoms with Crippen molar-refractivity contribution >= 4 is 39.5 Å². The first-order valence-corrected chi connectivity index (χ1v) is 43.8. The van der Waals surface area contributed by atoms with E-state index in [-0.39, 0.29) is 25.7 Å². The molecule has 0 amide bonds. The average molecular weight is 1440 g/mol. The van der Waals surface area contributed by atoms with Gasteiger partial charge < -0.3 is 33.8 Å². The van der Waals surface area contributed by atoms with Gasteiger partial charge >= 0.3 is 39.5 Å². The van der Waals surface area contributed by atoms with Crippen molar-refractivity contribution in [3.05, 3.63) is 0 Å². The predicted molar refractivity (Wildman–Crippen MR) is 400 cm³/mol. The number of ether oxygens (including phenoxy) is 4. The number of aliphatic hydroxyl groups is 1. The van der Waals surface area contributed by atoms with Crippen molar-refractivity contribution in [2.45, 2.75) is 420 Å². The minimum absolute atomic E-state index is 0.104. The molecule has 0 aromatic rings. The third kappa shape index (κ3) is 67.2. The molecule has 0 heterocycles. The van der Waals surface area contributed by atoms with Crippen LogP contribution in [-0.2, 0) is 65.4 Å². The molecular formula is C79H154O17P2. The second-order valence-electron chi connectivity index (χ2n) is 29.4. The monoisotopic (exact) mass is 1440 g/mol. The fourth-order valence-electron chi connectivity index (χ4n) is 12.0. The number of carbonyl (C=O) groups is 4. The summed E-state index contributed by atoms with van der Waals surface area (Å²) < 4.78 is 68.6. The molecule has 0 aliphatic heterocycles. The van der Waals surface area contributed by atoms with Gasteiger partial charge in [-0.3, -0.25) is 37.3 Å². The summed E-state index contributed by atoms with van der Waals surface area (Å²) in [6, 6.07) is 0. The van der Waals surface area contributed by atoms with Crippen molar-refractivity contribution in [1.82, 2.24) is 0 Å². The molecular weight excluding hydrogens is 1280 g/mol. The molecule has 0 rings (SSSR count). The molecule has 98 heavy (non-hydrogen) atoms. The predicted octanol–water partition coefficient (Wildman–Crippen LogP) is 23.2. The highest BCUT2D eigenvalue weighted by Gasteiger charge is 2.30. The van der Waals surface area contributed by atoms with Gasteiger partial charge in [0, 0.05) is 25.7 Å². The average Bonchev–Trinajstić information content (AvgIpc) is 0.955. The van der Waals surface area contributed by atoms with Crippen LogP contribution < -0.4 is 0 Å². The third-order valence-corrected chi connectivity index (χ3v) is 21.7. The van der Waals surface area contributed by atoms with E-state index in [2.05, 4.69) is 55.4 Å². The van der Waals surface area contributed by atoms with E-state index in [0.717, 1.165) is 120 Å².